The Morgan fingerprint density at radius 3 is 2.63 bits per heavy atom. The van der Waals surface area contributed by atoms with Crippen LogP contribution in [0.2, 0.25) is 0 Å². The lowest BCUT2D eigenvalue weighted by Gasteiger charge is -2.13. The van der Waals surface area contributed by atoms with Crippen LogP contribution in [0.15, 0.2) is 0 Å². The number of hydrogen-bond acceptors (Lipinski definition) is 3. The third-order valence-corrected chi connectivity index (χ3v) is 3.18. The Kier molecular flexibility index (Phi) is 7.25. The molecule has 0 aliphatic heterocycles. The summed E-state index contributed by atoms with van der Waals surface area (Å²) in [6.45, 7) is 3.16. The van der Waals surface area contributed by atoms with Crippen LogP contribution in [0.1, 0.15) is 39.0 Å². The van der Waals surface area contributed by atoms with Gasteiger partial charge in [0.25, 0.3) is 0 Å². The Labute approximate surface area is 113 Å². The maximum absolute atomic E-state index is 11.4. The number of carboxylic acid groups (broad SMARTS) is 1. The van der Waals surface area contributed by atoms with Crippen LogP contribution in [-0.2, 0) is 9.53 Å². The molecule has 1 atom stereocenters. The first kappa shape index (κ1) is 15.8. The van der Waals surface area contributed by atoms with Gasteiger partial charge in [0.05, 0.1) is 12.7 Å². The monoisotopic (exact) mass is 272 g/mol. The molecule has 19 heavy (non-hydrogen) atoms. The molecule has 6 heteroatoms. The number of carboxylic acids is 1. The first-order chi connectivity index (χ1) is 9.08. The number of carbonyl (C=O) groups excluding carboxylic acids is 1. The van der Waals surface area contributed by atoms with E-state index in [1.807, 2.05) is 0 Å². The topological polar surface area (TPSA) is 87.7 Å². The fourth-order valence-corrected chi connectivity index (χ4v) is 2.14. The normalized spacial score (nSPS) is 17.1. The number of nitrogens with one attached hydrogen (secondary N) is 2. The van der Waals surface area contributed by atoms with Gasteiger partial charge >= 0.3 is 12.0 Å². The van der Waals surface area contributed by atoms with Crippen molar-refractivity contribution in [3.8, 4) is 0 Å². The van der Waals surface area contributed by atoms with Crippen LogP contribution in [0, 0.1) is 5.92 Å². The molecule has 110 valence electrons. The van der Waals surface area contributed by atoms with Crippen molar-refractivity contribution in [2.24, 2.45) is 5.92 Å². The third kappa shape index (κ3) is 7.66. The van der Waals surface area contributed by atoms with Gasteiger partial charge in [0.2, 0.25) is 0 Å². The largest absolute Gasteiger partial charge is 0.481 e. The first-order valence-electron chi connectivity index (χ1n) is 6.93. The smallest absolute Gasteiger partial charge is 0.314 e. The number of urea groups is 1. The van der Waals surface area contributed by atoms with Gasteiger partial charge in [-0.15, -0.1) is 0 Å². The van der Waals surface area contributed by atoms with E-state index in [0.29, 0.717) is 25.8 Å². The highest BCUT2D eigenvalue weighted by atomic mass is 16.5. The Morgan fingerprint density at radius 1 is 1.32 bits per heavy atom. The standard InChI is InChI=1S/C13H24N2O4/c1-10(8-12(16)17)9-15-13(18)14-6-7-19-11-4-2-3-5-11/h10-11H,2-9H2,1H3,(H,16,17)(H2,14,15,18). The molecule has 0 spiro atoms. The van der Waals surface area contributed by atoms with E-state index in [-0.39, 0.29) is 18.4 Å². The molecule has 0 saturated heterocycles. The minimum absolute atomic E-state index is 0.0606. The van der Waals surface area contributed by atoms with E-state index in [0.717, 1.165) is 12.8 Å². The first-order valence-corrected chi connectivity index (χ1v) is 6.93. The van der Waals surface area contributed by atoms with Gasteiger partial charge in [-0.25, -0.2) is 4.79 Å². The molecule has 1 rings (SSSR count). The van der Waals surface area contributed by atoms with E-state index in [4.69, 9.17) is 9.84 Å². The summed E-state index contributed by atoms with van der Waals surface area (Å²) < 4.78 is 5.61. The highest BCUT2D eigenvalue weighted by molar-refractivity contribution is 5.74. The zero-order chi connectivity index (χ0) is 14.1. The van der Waals surface area contributed by atoms with Crippen molar-refractivity contribution >= 4 is 12.0 Å². The quantitative estimate of drug-likeness (QED) is 0.582. The Bertz CT molecular complexity index is 290. The second-order valence-corrected chi connectivity index (χ2v) is 5.12. The Morgan fingerprint density at radius 2 is 2.00 bits per heavy atom. The van der Waals surface area contributed by atoms with Gasteiger partial charge in [0.15, 0.2) is 0 Å². The number of rotatable bonds is 8. The van der Waals surface area contributed by atoms with Gasteiger partial charge in [-0.05, 0) is 18.8 Å². The molecule has 0 aromatic carbocycles. The summed E-state index contributed by atoms with van der Waals surface area (Å²) >= 11 is 0. The molecule has 1 aliphatic carbocycles. The maximum atomic E-state index is 11.4. The second-order valence-electron chi connectivity index (χ2n) is 5.12. The summed E-state index contributed by atoms with van der Waals surface area (Å²) in [5, 5.41) is 13.9. The summed E-state index contributed by atoms with van der Waals surface area (Å²) in [5.41, 5.74) is 0. The summed E-state index contributed by atoms with van der Waals surface area (Å²) in [5.74, 6) is -0.919. The fraction of sp³-hybridized carbons (Fsp3) is 0.846. The van der Waals surface area contributed by atoms with Gasteiger partial charge in [-0.3, -0.25) is 4.79 Å². The van der Waals surface area contributed by atoms with Crippen LogP contribution in [-0.4, -0.2) is 42.9 Å². The number of carbonyl (C=O) groups is 2. The van der Waals surface area contributed by atoms with Crippen LogP contribution in [0.3, 0.4) is 0 Å². The number of ether oxygens (including phenoxy) is 1. The lowest BCUT2D eigenvalue weighted by Crippen LogP contribution is -2.39. The molecule has 1 fully saturated rings. The van der Waals surface area contributed by atoms with E-state index in [1.54, 1.807) is 6.92 Å². The van der Waals surface area contributed by atoms with E-state index < -0.39 is 5.97 Å². The van der Waals surface area contributed by atoms with E-state index in [9.17, 15) is 9.59 Å². The van der Waals surface area contributed by atoms with Crippen molar-refractivity contribution in [1.29, 1.82) is 0 Å². The average Bonchev–Trinajstić information content (AvgIpc) is 2.84. The molecule has 3 N–H and O–H groups in total. The maximum Gasteiger partial charge on any atom is 0.314 e. The Hall–Kier alpha value is -1.30. The van der Waals surface area contributed by atoms with Crippen LogP contribution >= 0.6 is 0 Å². The lowest BCUT2D eigenvalue weighted by atomic mass is 10.1. The van der Waals surface area contributed by atoms with E-state index in [2.05, 4.69) is 10.6 Å². The van der Waals surface area contributed by atoms with Crippen LogP contribution in [0.4, 0.5) is 4.79 Å². The highest BCUT2D eigenvalue weighted by Crippen LogP contribution is 2.20. The second kappa shape index (κ2) is 8.74. The van der Waals surface area contributed by atoms with Crippen molar-refractivity contribution in [2.45, 2.75) is 45.1 Å². The highest BCUT2D eigenvalue weighted by Gasteiger charge is 2.14. The van der Waals surface area contributed by atoms with Crippen molar-refractivity contribution in [2.75, 3.05) is 19.7 Å². The molecule has 1 saturated carbocycles. The predicted octanol–water partition coefficient (Wildman–Crippen LogP) is 1.36. The molecule has 0 aromatic heterocycles. The van der Waals surface area contributed by atoms with Gasteiger partial charge in [0.1, 0.15) is 0 Å². The summed E-state index contributed by atoms with van der Waals surface area (Å²) in [4.78, 5) is 21.9. The van der Waals surface area contributed by atoms with Crippen LogP contribution in [0.5, 0.6) is 0 Å². The van der Waals surface area contributed by atoms with Crippen molar-refractivity contribution in [1.82, 2.24) is 10.6 Å². The molecule has 0 heterocycles. The zero-order valence-corrected chi connectivity index (χ0v) is 11.5. The van der Waals surface area contributed by atoms with Crippen molar-refractivity contribution in [3.05, 3.63) is 0 Å². The minimum Gasteiger partial charge on any atom is -0.481 e. The summed E-state index contributed by atoms with van der Waals surface area (Å²) in [6.07, 6.45) is 5.14. The lowest BCUT2D eigenvalue weighted by molar-refractivity contribution is -0.137. The number of hydrogen-bond donors (Lipinski definition) is 3. The minimum atomic E-state index is -0.848. The van der Waals surface area contributed by atoms with Gasteiger partial charge < -0.3 is 20.5 Å². The molecular weight excluding hydrogens is 248 g/mol. The summed E-state index contributed by atoms with van der Waals surface area (Å²) in [7, 11) is 0. The number of aliphatic carboxylic acids is 1. The molecule has 0 radical (unpaired) electrons. The molecule has 0 bridgehead atoms. The molecule has 0 aromatic rings. The SMILES string of the molecule is CC(CNC(=O)NCCOC1CCCC1)CC(=O)O. The van der Waals surface area contributed by atoms with E-state index >= 15 is 0 Å². The molecule has 6 nitrogen and oxygen atoms in total. The van der Waals surface area contributed by atoms with Crippen molar-refractivity contribution in [3.63, 3.8) is 0 Å². The third-order valence-electron chi connectivity index (χ3n) is 3.18. The van der Waals surface area contributed by atoms with Crippen LogP contribution < -0.4 is 10.6 Å². The molecule has 2 amide bonds. The fourth-order valence-electron chi connectivity index (χ4n) is 2.14. The zero-order valence-electron chi connectivity index (χ0n) is 11.5. The van der Waals surface area contributed by atoms with Crippen molar-refractivity contribution < 1.29 is 19.4 Å². The predicted molar refractivity (Wildman–Crippen MR) is 71.0 cm³/mol. The van der Waals surface area contributed by atoms with Gasteiger partial charge in [-0.2, -0.15) is 0 Å². The van der Waals surface area contributed by atoms with E-state index in [1.165, 1.54) is 12.8 Å². The Balaban J connectivity index is 1.96. The molecule has 1 unspecified atom stereocenters. The molecule has 1 aliphatic rings. The van der Waals surface area contributed by atoms with Crippen LogP contribution in [0.25, 0.3) is 0 Å². The molecular formula is C13H24N2O4. The average molecular weight is 272 g/mol. The summed E-state index contributed by atoms with van der Waals surface area (Å²) in [6, 6.07) is -0.271. The van der Waals surface area contributed by atoms with Gasteiger partial charge in [-0.1, -0.05) is 19.8 Å². The van der Waals surface area contributed by atoms with Gasteiger partial charge in [0, 0.05) is 19.5 Å². The number of amides is 2.